The third-order valence-corrected chi connectivity index (χ3v) is 5.19. The second-order valence-corrected chi connectivity index (χ2v) is 6.77. The summed E-state index contributed by atoms with van der Waals surface area (Å²) in [5.41, 5.74) is 3.49. The van der Waals surface area contributed by atoms with Crippen molar-refractivity contribution in [1.82, 2.24) is 9.80 Å². The average molecular weight is 300 g/mol. The van der Waals surface area contributed by atoms with Gasteiger partial charge in [0.1, 0.15) is 6.04 Å². The van der Waals surface area contributed by atoms with E-state index in [9.17, 15) is 4.79 Å². The Bertz CT molecular complexity index is 580. The summed E-state index contributed by atoms with van der Waals surface area (Å²) in [4.78, 5) is 19.3. The number of nitrogens with one attached hydrogen (secondary N) is 1. The molecule has 1 atom stereocenters. The van der Waals surface area contributed by atoms with E-state index in [1.54, 1.807) is 0 Å². The van der Waals surface area contributed by atoms with Crippen LogP contribution >= 0.6 is 0 Å². The van der Waals surface area contributed by atoms with Gasteiger partial charge in [0.15, 0.2) is 0 Å². The first kappa shape index (κ1) is 14.0. The zero-order valence-corrected chi connectivity index (χ0v) is 13.2. The number of fused-ring (bicyclic) bond motifs is 3. The fourth-order valence-corrected chi connectivity index (χ4v) is 3.84. The Labute approximate surface area is 131 Å². The minimum Gasteiger partial charge on any atom is -0.358 e. The molecule has 5 heteroatoms. The van der Waals surface area contributed by atoms with Crippen molar-refractivity contribution in [3.05, 3.63) is 23.8 Å². The largest absolute Gasteiger partial charge is 0.358 e. The van der Waals surface area contributed by atoms with Crippen molar-refractivity contribution in [1.29, 1.82) is 0 Å². The van der Waals surface area contributed by atoms with E-state index in [1.807, 2.05) is 0 Å². The van der Waals surface area contributed by atoms with Crippen LogP contribution in [0.3, 0.4) is 0 Å². The third-order valence-electron chi connectivity index (χ3n) is 5.19. The SMILES string of the molecule is CN1CCN(Cc2ccc3c(c2)NC(=O)C2CCCN32)CC1. The molecule has 0 bridgehead atoms. The van der Waals surface area contributed by atoms with Gasteiger partial charge in [-0.1, -0.05) is 6.07 Å². The van der Waals surface area contributed by atoms with Gasteiger partial charge >= 0.3 is 0 Å². The van der Waals surface area contributed by atoms with Crippen LogP contribution in [0.25, 0.3) is 0 Å². The maximum Gasteiger partial charge on any atom is 0.247 e. The van der Waals surface area contributed by atoms with Gasteiger partial charge in [-0.3, -0.25) is 9.69 Å². The molecule has 3 aliphatic heterocycles. The number of anilines is 2. The molecule has 1 unspecified atom stereocenters. The molecule has 0 radical (unpaired) electrons. The molecule has 0 saturated carbocycles. The van der Waals surface area contributed by atoms with Crippen LogP contribution in [0, 0.1) is 0 Å². The zero-order valence-electron chi connectivity index (χ0n) is 13.2. The Kier molecular flexibility index (Phi) is 3.54. The topological polar surface area (TPSA) is 38.8 Å². The van der Waals surface area contributed by atoms with E-state index < -0.39 is 0 Å². The van der Waals surface area contributed by atoms with Crippen molar-refractivity contribution < 1.29 is 4.79 Å². The van der Waals surface area contributed by atoms with Crippen LogP contribution < -0.4 is 10.2 Å². The first-order valence-electron chi connectivity index (χ1n) is 8.32. The van der Waals surface area contributed by atoms with E-state index in [0.717, 1.165) is 57.8 Å². The molecule has 3 heterocycles. The van der Waals surface area contributed by atoms with Crippen molar-refractivity contribution in [3.8, 4) is 0 Å². The summed E-state index contributed by atoms with van der Waals surface area (Å²) in [6, 6.07) is 6.64. The number of piperazine rings is 1. The van der Waals surface area contributed by atoms with Gasteiger partial charge in [-0.15, -0.1) is 0 Å². The van der Waals surface area contributed by atoms with Crippen LogP contribution in [-0.4, -0.2) is 61.5 Å². The molecule has 1 aromatic rings. The van der Waals surface area contributed by atoms with Crippen molar-refractivity contribution in [2.45, 2.75) is 25.4 Å². The Hall–Kier alpha value is -1.59. The lowest BCUT2D eigenvalue weighted by Crippen LogP contribution is -2.44. The molecule has 3 aliphatic rings. The molecule has 22 heavy (non-hydrogen) atoms. The third kappa shape index (κ3) is 2.48. The predicted octanol–water partition coefficient (Wildman–Crippen LogP) is 1.35. The van der Waals surface area contributed by atoms with E-state index in [1.165, 1.54) is 11.3 Å². The highest BCUT2D eigenvalue weighted by molar-refractivity contribution is 6.04. The average Bonchev–Trinajstić information content (AvgIpc) is 3.00. The Balaban J connectivity index is 1.52. The maximum atomic E-state index is 12.2. The number of nitrogens with zero attached hydrogens (tertiary/aromatic N) is 3. The summed E-state index contributed by atoms with van der Waals surface area (Å²) in [6.07, 6.45) is 2.09. The summed E-state index contributed by atoms with van der Waals surface area (Å²) < 4.78 is 0. The lowest BCUT2D eigenvalue weighted by molar-refractivity contribution is -0.117. The molecule has 0 spiro atoms. The molecule has 1 amide bonds. The molecule has 0 aromatic heterocycles. The van der Waals surface area contributed by atoms with Gasteiger partial charge in [0.2, 0.25) is 5.91 Å². The molecule has 118 valence electrons. The zero-order chi connectivity index (χ0) is 15.1. The minimum absolute atomic E-state index is 0.0518. The number of rotatable bonds is 2. The van der Waals surface area contributed by atoms with Gasteiger partial charge < -0.3 is 15.1 Å². The summed E-state index contributed by atoms with van der Waals surface area (Å²) in [7, 11) is 2.18. The fourth-order valence-electron chi connectivity index (χ4n) is 3.84. The molecule has 4 rings (SSSR count). The molecule has 0 aliphatic carbocycles. The minimum atomic E-state index is 0.0518. The Morgan fingerprint density at radius 3 is 2.82 bits per heavy atom. The summed E-state index contributed by atoms with van der Waals surface area (Å²) >= 11 is 0. The van der Waals surface area contributed by atoms with E-state index in [4.69, 9.17) is 0 Å². The maximum absolute atomic E-state index is 12.2. The second kappa shape index (κ2) is 5.56. The number of likely N-dealkylation sites (N-methyl/N-ethyl adjacent to an activating group) is 1. The first-order valence-corrected chi connectivity index (χ1v) is 8.32. The molecule has 1 aromatic carbocycles. The van der Waals surface area contributed by atoms with Crippen molar-refractivity contribution in [2.24, 2.45) is 0 Å². The molecular formula is C17H24N4O. The van der Waals surface area contributed by atoms with Crippen molar-refractivity contribution in [3.63, 3.8) is 0 Å². The van der Waals surface area contributed by atoms with Gasteiger partial charge in [-0.25, -0.2) is 0 Å². The molecular weight excluding hydrogens is 276 g/mol. The van der Waals surface area contributed by atoms with Crippen LogP contribution in [0.5, 0.6) is 0 Å². The standard InChI is InChI=1S/C17H24N4O/c1-19-7-9-20(10-8-19)12-13-4-5-15-14(11-13)18-17(22)16-3-2-6-21(15)16/h4-5,11,16H,2-3,6-10,12H2,1H3,(H,18,22). The van der Waals surface area contributed by atoms with E-state index in [0.29, 0.717) is 0 Å². The van der Waals surface area contributed by atoms with Crippen LogP contribution in [-0.2, 0) is 11.3 Å². The fraction of sp³-hybridized carbons (Fsp3) is 0.588. The summed E-state index contributed by atoms with van der Waals surface area (Å²) in [6.45, 7) is 6.49. The normalized spacial score (nSPS) is 25.8. The van der Waals surface area contributed by atoms with Gasteiger partial charge in [-0.05, 0) is 37.6 Å². The van der Waals surface area contributed by atoms with Gasteiger partial charge in [0, 0.05) is 39.3 Å². The highest BCUT2D eigenvalue weighted by Crippen LogP contribution is 2.37. The molecule has 5 nitrogen and oxygen atoms in total. The number of hydrogen-bond donors (Lipinski definition) is 1. The number of hydrogen-bond acceptors (Lipinski definition) is 4. The monoisotopic (exact) mass is 300 g/mol. The van der Waals surface area contributed by atoms with E-state index in [-0.39, 0.29) is 11.9 Å². The van der Waals surface area contributed by atoms with E-state index in [2.05, 4.69) is 45.3 Å². The molecule has 1 N–H and O–H groups in total. The number of carbonyl (C=O) groups excluding carboxylic acids is 1. The predicted molar refractivity (Wildman–Crippen MR) is 88.2 cm³/mol. The Morgan fingerprint density at radius 2 is 2.00 bits per heavy atom. The van der Waals surface area contributed by atoms with Crippen LogP contribution in [0.4, 0.5) is 11.4 Å². The van der Waals surface area contributed by atoms with Gasteiger partial charge in [-0.2, -0.15) is 0 Å². The molecule has 2 saturated heterocycles. The highest BCUT2D eigenvalue weighted by atomic mass is 16.2. The number of amides is 1. The number of carbonyl (C=O) groups is 1. The van der Waals surface area contributed by atoms with Crippen molar-refractivity contribution in [2.75, 3.05) is 50.0 Å². The van der Waals surface area contributed by atoms with Crippen molar-refractivity contribution >= 4 is 17.3 Å². The van der Waals surface area contributed by atoms with Crippen LogP contribution in [0.2, 0.25) is 0 Å². The Morgan fingerprint density at radius 1 is 1.18 bits per heavy atom. The first-order chi connectivity index (χ1) is 10.7. The summed E-state index contributed by atoms with van der Waals surface area (Å²) in [5, 5.41) is 3.11. The highest BCUT2D eigenvalue weighted by Gasteiger charge is 2.36. The quantitative estimate of drug-likeness (QED) is 0.895. The second-order valence-electron chi connectivity index (χ2n) is 6.77. The smallest absolute Gasteiger partial charge is 0.247 e. The van der Waals surface area contributed by atoms with Gasteiger partial charge in [0.05, 0.1) is 11.4 Å². The number of benzene rings is 1. The molecule has 2 fully saturated rings. The summed E-state index contributed by atoms with van der Waals surface area (Å²) in [5.74, 6) is 0.168. The van der Waals surface area contributed by atoms with Crippen LogP contribution in [0.15, 0.2) is 18.2 Å². The lowest BCUT2D eigenvalue weighted by Gasteiger charge is -2.34. The van der Waals surface area contributed by atoms with Gasteiger partial charge in [0.25, 0.3) is 0 Å². The van der Waals surface area contributed by atoms with E-state index >= 15 is 0 Å². The van der Waals surface area contributed by atoms with Crippen LogP contribution in [0.1, 0.15) is 18.4 Å². The lowest BCUT2D eigenvalue weighted by atomic mass is 10.1.